The van der Waals surface area contributed by atoms with E-state index >= 15 is 0 Å². The Morgan fingerprint density at radius 2 is 1.89 bits per heavy atom. The number of hydrogen-bond acceptors (Lipinski definition) is 3. The summed E-state index contributed by atoms with van der Waals surface area (Å²) in [5.41, 5.74) is -0.164. The van der Waals surface area contributed by atoms with Gasteiger partial charge < -0.3 is 15.0 Å². The average molecular weight is 378 g/mol. The molecule has 1 aliphatic rings. The van der Waals surface area contributed by atoms with Gasteiger partial charge in [0.2, 0.25) is 11.8 Å². The number of rotatable bonds is 4. The number of carbonyl (C=O) groups is 2. The molecule has 5 nitrogen and oxygen atoms in total. The highest BCUT2D eigenvalue weighted by atomic mass is 19.4. The lowest BCUT2D eigenvalue weighted by molar-refractivity contribution is -0.137. The molecule has 142 valence electrons. The van der Waals surface area contributed by atoms with Crippen molar-refractivity contribution in [1.29, 1.82) is 0 Å². The van der Waals surface area contributed by atoms with Gasteiger partial charge in [-0.2, -0.15) is 13.2 Å². The maximum Gasteiger partial charge on any atom is 0.416 e. The molecule has 1 N–H and O–H groups in total. The summed E-state index contributed by atoms with van der Waals surface area (Å²) in [6.45, 7) is 0.163. The first kappa shape index (κ1) is 18.8. The Morgan fingerprint density at radius 1 is 1.19 bits per heavy atom. The van der Waals surface area contributed by atoms with Gasteiger partial charge in [-0.1, -0.05) is 6.07 Å². The van der Waals surface area contributed by atoms with Crippen molar-refractivity contribution in [2.45, 2.75) is 12.6 Å². The number of ether oxygens (including phenoxy) is 1. The predicted molar refractivity (Wildman–Crippen MR) is 93.5 cm³/mol. The van der Waals surface area contributed by atoms with Crippen molar-refractivity contribution in [2.75, 3.05) is 23.9 Å². The molecule has 1 saturated heterocycles. The predicted octanol–water partition coefficient (Wildman–Crippen LogP) is 3.71. The smallest absolute Gasteiger partial charge is 0.416 e. The Labute approximate surface area is 153 Å². The van der Waals surface area contributed by atoms with Crippen molar-refractivity contribution in [2.24, 2.45) is 5.92 Å². The molecule has 0 radical (unpaired) electrons. The van der Waals surface area contributed by atoms with Crippen LogP contribution >= 0.6 is 0 Å². The molecule has 0 saturated carbocycles. The number of carbonyl (C=O) groups excluding carboxylic acids is 2. The fourth-order valence-electron chi connectivity index (χ4n) is 2.91. The third kappa shape index (κ3) is 4.21. The van der Waals surface area contributed by atoms with E-state index in [0.29, 0.717) is 11.4 Å². The first-order valence-electron chi connectivity index (χ1n) is 8.20. The summed E-state index contributed by atoms with van der Waals surface area (Å²) in [4.78, 5) is 26.1. The van der Waals surface area contributed by atoms with Crippen molar-refractivity contribution >= 4 is 23.2 Å². The van der Waals surface area contributed by atoms with Gasteiger partial charge in [0.05, 0.1) is 18.6 Å². The maximum atomic E-state index is 12.8. The molecule has 1 heterocycles. The second kappa shape index (κ2) is 7.30. The van der Waals surface area contributed by atoms with Crippen molar-refractivity contribution in [3.05, 3.63) is 54.1 Å². The SMILES string of the molecule is COc1ccc(N2C[C@H](C(=O)Nc3cccc(C(F)(F)F)c3)CC2=O)cc1. The largest absolute Gasteiger partial charge is 0.497 e. The zero-order valence-electron chi connectivity index (χ0n) is 14.4. The normalized spacial score (nSPS) is 17.1. The van der Waals surface area contributed by atoms with Gasteiger partial charge in [0.25, 0.3) is 0 Å². The fraction of sp³-hybridized carbons (Fsp3) is 0.263. The van der Waals surface area contributed by atoms with Crippen LogP contribution in [0.2, 0.25) is 0 Å². The summed E-state index contributed by atoms with van der Waals surface area (Å²) in [6, 6.07) is 11.2. The highest BCUT2D eigenvalue weighted by Crippen LogP contribution is 2.31. The minimum atomic E-state index is -4.49. The summed E-state index contributed by atoms with van der Waals surface area (Å²) in [6.07, 6.45) is -4.49. The number of benzene rings is 2. The highest BCUT2D eigenvalue weighted by molar-refractivity contribution is 6.03. The number of nitrogens with zero attached hydrogens (tertiary/aromatic N) is 1. The lowest BCUT2D eigenvalue weighted by atomic mass is 10.1. The van der Waals surface area contributed by atoms with Gasteiger partial charge in [-0.3, -0.25) is 9.59 Å². The molecule has 8 heteroatoms. The molecule has 0 unspecified atom stereocenters. The van der Waals surface area contributed by atoms with E-state index in [1.807, 2.05) is 0 Å². The van der Waals surface area contributed by atoms with Crippen LogP contribution in [0.3, 0.4) is 0 Å². The number of alkyl halides is 3. The van der Waals surface area contributed by atoms with E-state index in [-0.39, 0.29) is 24.6 Å². The van der Waals surface area contributed by atoms with Crippen LogP contribution in [0.15, 0.2) is 48.5 Å². The van der Waals surface area contributed by atoms with Gasteiger partial charge in [-0.15, -0.1) is 0 Å². The van der Waals surface area contributed by atoms with Crippen molar-refractivity contribution in [3.63, 3.8) is 0 Å². The third-order valence-electron chi connectivity index (χ3n) is 4.34. The summed E-state index contributed by atoms with van der Waals surface area (Å²) in [5, 5.41) is 2.47. The molecule has 0 aliphatic carbocycles. The lowest BCUT2D eigenvalue weighted by Crippen LogP contribution is -2.28. The van der Waals surface area contributed by atoms with Gasteiger partial charge in [0.1, 0.15) is 5.75 Å². The molecule has 1 fully saturated rings. The number of methoxy groups -OCH3 is 1. The van der Waals surface area contributed by atoms with Crippen molar-refractivity contribution in [1.82, 2.24) is 0 Å². The Hall–Kier alpha value is -3.03. The Balaban J connectivity index is 1.68. The van der Waals surface area contributed by atoms with Crippen LogP contribution < -0.4 is 15.0 Å². The molecular formula is C19H17F3N2O3. The second-order valence-corrected chi connectivity index (χ2v) is 6.17. The lowest BCUT2D eigenvalue weighted by Gasteiger charge is -2.17. The number of amides is 2. The minimum absolute atomic E-state index is 0.00315. The quantitative estimate of drug-likeness (QED) is 0.883. The molecule has 2 aromatic carbocycles. The van der Waals surface area contributed by atoms with E-state index in [2.05, 4.69) is 5.32 Å². The molecular weight excluding hydrogens is 361 g/mol. The van der Waals surface area contributed by atoms with Crippen LogP contribution in [-0.4, -0.2) is 25.5 Å². The van der Waals surface area contributed by atoms with Gasteiger partial charge in [0, 0.05) is 24.3 Å². The van der Waals surface area contributed by atoms with E-state index in [9.17, 15) is 22.8 Å². The second-order valence-electron chi connectivity index (χ2n) is 6.17. The number of nitrogens with one attached hydrogen (secondary N) is 1. The van der Waals surface area contributed by atoms with Crippen LogP contribution in [0.1, 0.15) is 12.0 Å². The zero-order valence-corrected chi connectivity index (χ0v) is 14.4. The number of anilines is 2. The maximum absolute atomic E-state index is 12.8. The number of halogens is 3. The molecule has 27 heavy (non-hydrogen) atoms. The van der Waals surface area contributed by atoms with Crippen LogP contribution in [0.4, 0.5) is 24.5 Å². The topological polar surface area (TPSA) is 58.6 Å². The van der Waals surface area contributed by atoms with Gasteiger partial charge >= 0.3 is 6.18 Å². The molecule has 2 aromatic rings. The third-order valence-corrected chi connectivity index (χ3v) is 4.34. The molecule has 1 atom stereocenters. The zero-order chi connectivity index (χ0) is 19.6. The first-order chi connectivity index (χ1) is 12.8. The van der Waals surface area contributed by atoms with Crippen molar-refractivity contribution in [3.8, 4) is 5.75 Å². The van der Waals surface area contributed by atoms with Crippen molar-refractivity contribution < 1.29 is 27.5 Å². The van der Waals surface area contributed by atoms with E-state index in [0.717, 1.165) is 12.1 Å². The highest BCUT2D eigenvalue weighted by Gasteiger charge is 2.35. The molecule has 0 aromatic heterocycles. The van der Waals surface area contributed by atoms with Crippen LogP contribution in [0, 0.1) is 5.92 Å². The Morgan fingerprint density at radius 3 is 2.52 bits per heavy atom. The summed E-state index contributed by atoms with van der Waals surface area (Å²) in [5.74, 6) is -0.707. The van der Waals surface area contributed by atoms with E-state index < -0.39 is 23.6 Å². The molecule has 3 rings (SSSR count). The number of hydrogen-bond donors (Lipinski definition) is 1. The molecule has 0 bridgehead atoms. The molecule has 1 aliphatic heterocycles. The molecule has 2 amide bonds. The van der Waals surface area contributed by atoms with Gasteiger partial charge in [-0.25, -0.2) is 0 Å². The van der Waals surface area contributed by atoms with Gasteiger partial charge in [-0.05, 0) is 42.5 Å². The van der Waals surface area contributed by atoms with E-state index in [1.54, 1.807) is 24.3 Å². The minimum Gasteiger partial charge on any atom is -0.497 e. The van der Waals surface area contributed by atoms with E-state index in [1.165, 1.54) is 24.1 Å². The average Bonchev–Trinajstić information content (AvgIpc) is 3.03. The van der Waals surface area contributed by atoms with E-state index in [4.69, 9.17) is 4.74 Å². The monoisotopic (exact) mass is 378 g/mol. The summed E-state index contributed by atoms with van der Waals surface area (Å²) >= 11 is 0. The first-order valence-corrected chi connectivity index (χ1v) is 8.20. The summed E-state index contributed by atoms with van der Waals surface area (Å²) < 4.78 is 43.4. The standard InChI is InChI=1S/C19H17F3N2O3/c1-27-16-7-5-15(6-8-16)24-11-12(9-17(24)25)18(26)23-14-4-2-3-13(10-14)19(20,21)22/h2-8,10,12H,9,11H2,1H3,(H,23,26)/t12-/m1/s1. The fourth-order valence-corrected chi connectivity index (χ4v) is 2.91. The Bertz CT molecular complexity index is 850. The van der Waals surface area contributed by atoms with Crippen LogP contribution in [0.5, 0.6) is 5.75 Å². The van der Waals surface area contributed by atoms with Crippen LogP contribution in [-0.2, 0) is 15.8 Å². The Kier molecular flexibility index (Phi) is 5.07. The summed E-state index contributed by atoms with van der Waals surface area (Å²) in [7, 11) is 1.53. The van der Waals surface area contributed by atoms with Crippen LogP contribution in [0.25, 0.3) is 0 Å². The van der Waals surface area contributed by atoms with Gasteiger partial charge in [0.15, 0.2) is 0 Å². The molecule has 0 spiro atoms.